The van der Waals surface area contributed by atoms with Crippen molar-refractivity contribution in [2.24, 2.45) is 0 Å². The van der Waals surface area contributed by atoms with Gasteiger partial charge in [-0.2, -0.15) is 0 Å². The van der Waals surface area contributed by atoms with Gasteiger partial charge in [-0.25, -0.2) is 0 Å². The highest BCUT2D eigenvalue weighted by atomic mass is 16.7. The number of benzene rings is 2. The fourth-order valence-electron chi connectivity index (χ4n) is 2.96. The second kappa shape index (κ2) is 8.78. The summed E-state index contributed by atoms with van der Waals surface area (Å²) in [4.78, 5) is 2.09. The first-order chi connectivity index (χ1) is 13.7. The zero-order chi connectivity index (χ0) is 21.1. The van der Waals surface area contributed by atoms with E-state index in [1.807, 2.05) is 62.6 Å². The third kappa shape index (κ3) is 5.32. The molecule has 1 heterocycles. The molecule has 0 atom stereocenters. The van der Waals surface area contributed by atoms with E-state index < -0.39 is 7.12 Å². The quantitative estimate of drug-likeness (QED) is 0.638. The van der Waals surface area contributed by atoms with Crippen LogP contribution in [0.2, 0.25) is 0 Å². The standard InChI is InChI=1S/C23H32BNO4/c1-22(2)23(3,4)29-24(28-22)19-12-13-20(21(16-19)26-15-14-25(5)6)27-17-18-10-8-7-9-11-18/h7-13,16H,14-15,17H2,1-6H3. The second-order valence-electron chi connectivity index (χ2n) is 8.72. The van der Waals surface area contributed by atoms with Gasteiger partial charge in [0.1, 0.15) is 13.2 Å². The predicted octanol–water partition coefficient (Wildman–Crippen LogP) is 3.51. The molecule has 0 bridgehead atoms. The van der Waals surface area contributed by atoms with Crippen LogP contribution in [0.3, 0.4) is 0 Å². The molecule has 2 aromatic carbocycles. The number of hydrogen-bond acceptors (Lipinski definition) is 5. The molecule has 1 fully saturated rings. The van der Waals surface area contributed by atoms with Gasteiger partial charge in [0.15, 0.2) is 11.5 Å². The van der Waals surface area contributed by atoms with E-state index in [1.54, 1.807) is 0 Å². The number of likely N-dealkylation sites (N-methyl/N-ethyl adjacent to an activating group) is 1. The molecule has 0 unspecified atom stereocenters. The largest absolute Gasteiger partial charge is 0.494 e. The third-order valence-electron chi connectivity index (χ3n) is 5.53. The van der Waals surface area contributed by atoms with E-state index >= 15 is 0 Å². The molecule has 0 aliphatic carbocycles. The number of hydrogen-bond donors (Lipinski definition) is 0. The molecule has 1 saturated heterocycles. The number of rotatable bonds is 8. The summed E-state index contributed by atoms with van der Waals surface area (Å²) in [5, 5.41) is 0. The Balaban J connectivity index is 1.79. The minimum absolute atomic E-state index is 0.383. The summed E-state index contributed by atoms with van der Waals surface area (Å²) in [5.41, 5.74) is 1.27. The Labute approximate surface area is 175 Å². The van der Waals surface area contributed by atoms with E-state index in [1.165, 1.54) is 0 Å². The van der Waals surface area contributed by atoms with Crippen molar-refractivity contribution in [2.75, 3.05) is 27.2 Å². The van der Waals surface area contributed by atoms with Gasteiger partial charge in [0.25, 0.3) is 0 Å². The molecule has 2 aromatic rings. The van der Waals surface area contributed by atoms with Gasteiger partial charge in [-0.3, -0.25) is 0 Å². The SMILES string of the molecule is CN(C)CCOc1cc(B2OC(C)(C)C(C)(C)O2)ccc1OCc1ccccc1. The maximum atomic E-state index is 6.19. The molecule has 5 nitrogen and oxygen atoms in total. The van der Waals surface area contributed by atoms with Crippen LogP contribution in [-0.2, 0) is 15.9 Å². The summed E-state index contributed by atoms with van der Waals surface area (Å²) in [7, 11) is 3.62. The molecule has 29 heavy (non-hydrogen) atoms. The minimum Gasteiger partial charge on any atom is -0.488 e. The monoisotopic (exact) mass is 397 g/mol. The fraction of sp³-hybridized carbons (Fsp3) is 0.478. The van der Waals surface area contributed by atoms with Crippen molar-refractivity contribution in [1.82, 2.24) is 4.90 Å². The van der Waals surface area contributed by atoms with Crippen LogP contribution in [0.25, 0.3) is 0 Å². The molecule has 0 N–H and O–H groups in total. The van der Waals surface area contributed by atoms with E-state index in [9.17, 15) is 0 Å². The lowest BCUT2D eigenvalue weighted by Crippen LogP contribution is -2.41. The average molecular weight is 397 g/mol. The van der Waals surface area contributed by atoms with E-state index in [2.05, 4.69) is 32.6 Å². The molecule has 0 amide bonds. The van der Waals surface area contributed by atoms with Crippen molar-refractivity contribution in [3.05, 3.63) is 54.1 Å². The molecule has 1 aliphatic rings. The first-order valence-corrected chi connectivity index (χ1v) is 10.1. The molecule has 3 rings (SSSR count). The lowest BCUT2D eigenvalue weighted by atomic mass is 9.79. The van der Waals surface area contributed by atoms with Gasteiger partial charge in [0.05, 0.1) is 11.2 Å². The zero-order valence-electron chi connectivity index (χ0n) is 18.4. The highest BCUT2D eigenvalue weighted by Gasteiger charge is 2.51. The first kappa shape index (κ1) is 21.7. The maximum absolute atomic E-state index is 6.19. The lowest BCUT2D eigenvalue weighted by molar-refractivity contribution is 0.00578. The van der Waals surface area contributed by atoms with Gasteiger partial charge in [-0.1, -0.05) is 36.4 Å². The van der Waals surface area contributed by atoms with Crippen LogP contribution in [-0.4, -0.2) is 50.5 Å². The van der Waals surface area contributed by atoms with Crippen molar-refractivity contribution in [3.8, 4) is 11.5 Å². The first-order valence-electron chi connectivity index (χ1n) is 10.1. The molecule has 156 valence electrons. The smallest absolute Gasteiger partial charge is 0.488 e. The predicted molar refractivity (Wildman–Crippen MR) is 117 cm³/mol. The van der Waals surface area contributed by atoms with Crippen molar-refractivity contribution in [1.29, 1.82) is 0 Å². The normalized spacial score (nSPS) is 17.6. The fourth-order valence-corrected chi connectivity index (χ4v) is 2.96. The van der Waals surface area contributed by atoms with Crippen LogP contribution < -0.4 is 14.9 Å². The molecule has 0 radical (unpaired) electrons. The van der Waals surface area contributed by atoms with Crippen LogP contribution in [0.1, 0.15) is 33.3 Å². The Kier molecular flexibility index (Phi) is 6.57. The van der Waals surface area contributed by atoms with Gasteiger partial charge < -0.3 is 23.7 Å². The third-order valence-corrected chi connectivity index (χ3v) is 5.53. The van der Waals surface area contributed by atoms with Gasteiger partial charge in [-0.05, 0) is 64.9 Å². The van der Waals surface area contributed by atoms with E-state index in [0.717, 1.165) is 17.6 Å². The summed E-state index contributed by atoms with van der Waals surface area (Å²) >= 11 is 0. The Morgan fingerprint density at radius 3 is 2.14 bits per heavy atom. The lowest BCUT2D eigenvalue weighted by Gasteiger charge is -2.32. The highest BCUT2D eigenvalue weighted by molar-refractivity contribution is 6.62. The van der Waals surface area contributed by atoms with Crippen LogP contribution in [0, 0.1) is 0 Å². The van der Waals surface area contributed by atoms with Gasteiger partial charge >= 0.3 is 7.12 Å². The molecule has 0 aromatic heterocycles. The topological polar surface area (TPSA) is 40.2 Å². The van der Waals surface area contributed by atoms with Crippen molar-refractivity contribution >= 4 is 12.6 Å². The van der Waals surface area contributed by atoms with Crippen LogP contribution in [0.4, 0.5) is 0 Å². The van der Waals surface area contributed by atoms with Gasteiger partial charge in [0, 0.05) is 6.54 Å². The minimum atomic E-state index is -0.431. The molecule has 0 saturated carbocycles. The Bertz CT molecular complexity index is 792. The molecule has 0 spiro atoms. The molecule has 6 heteroatoms. The molecular formula is C23H32BNO4. The molecular weight excluding hydrogens is 365 g/mol. The van der Waals surface area contributed by atoms with Crippen LogP contribution in [0.15, 0.2) is 48.5 Å². The van der Waals surface area contributed by atoms with Crippen molar-refractivity contribution in [3.63, 3.8) is 0 Å². The number of nitrogens with zero attached hydrogens (tertiary/aromatic N) is 1. The number of ether oxygens (including phenoxy) is 2. The van der Waals surface area contributed by atoms with Gasteiger partial charge in [0.2, 0.25) is 0 Å². The summed E-state index contributed by atoms with van der Waals surface area (Å²) in [5.74, 6) is 1.42. The van der Waals surface area contributed by atoms with Crippen molar-refractivity contribution < 1.29 is 18.8 Å². The average Bonchev–Trinajstić information content (AvgIpc) is 2.88. The molecule has 1 aliphatic heterocycles. The Morgan fingerprint density at radius 1 is 0.862 bits per heavy atom. The van der Waals surface area contributed by atoms with Crippen molar-refractivity contribution in [2.45, 2.75) is 45.5 Å². The van der Waals surface area contributed by atoms with Crippen LogP contribution in [0.5, 0.6) is 11.5 Å². The summed E-state index contributed by atoms with van der Waals surface area (Å²) in [6.45, 7) is 10.1. The second-order valence-corrected chi connectivity index (χ2v) is 8.72. The van der Waals surface area contributed by atoms with E-state index in [-0.39, 0.29) is 11.2 Å². The van der Waals surface area contributed by atoms with Crippen LogP contribution >= 0.6 is 0 Å². The highest BCUT2D eigenvalue weighted by Crippen LogP contribution is 2.37. The summed E-state index contributed by atoms with van der Waals surface area (Å²) in [6.07, 6.45) is 0. The maximum Gasteiger partial charge on any atom is 0.494 e. The van der Waals surface area contributed by atoms with E-state index in [4.69, 9.17) is 18.8 Å². The van der Waals surface area contributed by atoms with Gasteiger partial charge in [-0.15, -0.1) is 0 Å². The Morgan fingerprint density at radius 2 is 1.52 bits per heavy atom. The zero-order valence-corrected chi connectivity index (χ0v) is 18.4. The summed E-state index contributed by atoms with van der Waals surface area (Å²) in [6, 6.07) is 16.0. The Hall–Kier alpha value is -2.02. The van der Waals surface area contributed by atoms with E-state index in [0.29, 0.717) is 24.7 Å². The summed E-state index contributed by atoms with van der Waals surface area (Å²) < 4.78 is 24.5.